The van der Waals surface area contributed by atoms with Crippen LogP contribution in [0.15, 0.2) is 30.6 Å². The Bertz CT molecular complexity index is 546. The summed E-state index contributed by atoms with van der Waals surface area (Å²) in [6.07, 6.45) is 2.03. The lowest BCUT2D eigenvalue weighted by Gasteiger charge is -2.01. The molecule has 1 aromatic carbocycles. The van der Waals surface area contributed by atoms with Crippen LogP contribution in [-0.4, -0.2) is 27.2 Å². The van der Waals surface area contributed by atoms with Gasteiger partial charge in [0.05, 0.1) is 6.54 Å². The number of aromatic nitrogens is 3. The molecule has 0 aliphatic heterocycles. The summed E-state index contributed by atoms with van der Waals surface area (Å²) in [5, 5.41) is 7.07. The Morgan fingerprint density at radius 1 is 1.37 bits per heavy atom. The van der Waals surface area contributed by atoms with Gasteiger partial charge >= 0.3 is 0 Å². The third-order valence-corrected chi connectivity index (χ3v) is 2.65. The number of anilines is 1. The van der Waals surface area contributed by atoms with Crippen LogP contribution in [0, 0.1) is 0 Å². The number of nitrogens with zero attached hydrogens (tertiary/aromatic N) is 3. The zero-order valence-corrected chi connectivity index (χ0v) is 10.8. The fourth-order valence-electron chi connectivity index (χ4n) is 1.67. The lowest BCUT2D eigenvalue weighted by molar-refractivity contribution is -0.121. The molecule has 0 unspecified atom stereocenters. The summed E-state index contributed by atoms with van der Waals surface area (Å²) < 4.78 is 1.67. The maximum atomic E-state index is 11.3. The fourth-order valence-corrected chi connectivity index (χ4v) is 1.67. The summed E-state index contributed by atoms with van der Waals surface area (Å²) in [5.74, 6) is 0.655. The average Bonchev–Trinajstić information content (AvgIpc) is 2.86. The van der Waals surface area contributed by atoms with E-state index < -0.39 is 0 Å². The van der Waals surface area contributed by atoms with E-state index in [0.717, 1.165) is 5.56 Å². The minimum Gasteiger partial charge on any atom is -0.399 e. The molecule has 3 N–H and O–H groups in total. The number of carbonyl (C=O) groups excluding carboxylic acids is 1. The molecule has 1 amide bonds. The number of rotatable bonds is 5. The van der Waals surface area contributed by atoms with Crippen molar-refractivity contribution in [3.8, 4) is 11.4 Å². The molecule has 100 valence electrons. The molecule has 19 heavy (non-hydrogen) atoms. The smallest absolute Gasteiger partial charge is 0.221 e. The van der Waals surface area contributed by atoms with E-state index in [2.05, 4.69) is 15.4 Å². The number of aryl methyl sites for hydroxylation is 1. The van der Waals surface area contributed by atoms with Crippen LogP contribution in [-0.2, 0) is 11.3 Å². The van der Waals surface area contributed by atoms with Crippen molar-refractivity contribution in [3.63, 3.8) is 0 Å². The number of hydrogen-bond acceptors (Lipinski definition) is 4. The van der Waals surface area contributed by atoms with E-state index in [1.807, 2.05) is 31.2 Å². The molecule has 6 nitrogen and oxygen atoms in total. The molecule has 0 atom stereocenters. The second-order valence-corrected chi connectivity index (χ2v) is 4.16. The molecule has 0 saturated carbocycles. The van der Waals surface area contributed by atoms with Gasteiger partial charge in [-0.05, 0) is 31.2 Å². The molecule has 2 rings (SSSR count). The van der Waals surface area contributed by atoms with Gasteiger partial charge in [-0.3, -0.25) is 9.48 Å². The molecule has 1 heterocycles. The molecule has 2 aromatic rings. The van der Waals surface area contributed by atoms with E-state index in [4.69, 9.17) is 5.73 Å². The summed E-state index contributed by atoms with van der Waals surface area (Å²) in [7, 11) is 0. The third-order valence-electron chi connectivity index (χ3n) is 2.65. The fraction of sp³-hybridized carbons (Fsp3) is 0.308. The van der Waals surface area contributed by atoms with Crippen LogP contribution < -0.4 is 11.1 Å². The van der Waals surface area contributed by atoms with Crippen LogP contribution in [0.1, 0.15) is 13.3 Å². The predicted molar refractivity (Wildman–Crippen MR) is 73.2 cm³/mol. The van der Waals surface area contributed by atoms with Gasteiger partial charge in [0.15, 0.2) is 5.82 Å². The Balaban J connectivity index is 1.99. The summed E-state index contributed by atoms with van der Waals surface area (Å²) in [4.78, 5) is 15.6. The van der Waals surface area contributed by atoms with Crippen molar-refractivity contribution in [1.29, 1.82) is 0 Å². The molecule has 0 saturated heterocycles. The lowest BCUT2D eigenvalue weighted by atomic mass is 10.2. The number of benzene rings is 1. The first kappa shape index (κ1) is 13.1. The van der Waals surface area contributed by atoms with E-state index >= 15 is 0 Å². The Hall–Kier alpha value is -2.37. The van der Waals surface area contributed by atoms with Crippen molar-refractivity contribution in [1.82, 2.24) is 20.1 Å². The molecule has 0 aliphatic carbocycles. The molecule has 0 spiro atoms. The molecular formula is C13H17N5O. The number of hydrogen-bond donors (Lipinski definition) is 2. The minimum atomic E-state index is 0.0204. The first-order valence-electron chi connectivity index (χ1n) is 6.21. The van der Waals surface area contributed by atoms with Crippen molar-refractivity contribution in [2.45, 2.75) is 19.9 Å². The van der Waals surface area contributed by atoms with Crippen LogP contribution in [0.2, 0.25) is 0 Å². The second-order valence-electron chi connectivity index (χ2n) is 4.16. The highest BCUT2D eigenvalue weighted by Crippen LogP contribution is 2.15. The van der Waals surface area contributed by atoms with Gasteiger partial charge < -0.3 is 11.1 Å². The molecular weight excluding hydrogens is 242 g/mol. The van der Waals surface area contributed by atoms with E-state index in [0.29, 0.717) is 31.0 Å². The van der Waals surface area contributed by atoms with Crippen molar-refractivity contribution in [3.05, 3.63) is 30.6 Å². The van der Waals surface area contributed by atoms with Crippen LogP contribution in [0.5, 0.6) is 0 Å². The number of nitrogen functional groups attached to an aromatic ring is 1. The number of amides is 1. The summed E-state index contributed by atoms with van der Waals surface area (Å²) >= 11 is 0. The first-order valence-corrected chi connectivity index (χ1v) is 6.21. The van der Waals surface area contributed by atoms with Crippen molar-refractivity contribution >= 4 is 11.6 Å². The van der Waals surface area contributed by atoms with Gasteiger partial charge in [0.1, 0.15) is 6.33 Å². The second kappa shape index (κ2) is 5.99. The molecule has 0 aliphatic rings. The van der Waals surface area contributed by atoms with Gasteiger partial charge in [-0.25, -0.2) is 4.98 Å². The normalized spacial score (nSPS) is 10.4. The molecule has 0 fully saturated rings. The standard InChI is InChI=1S/C13H17N5O/c1-2-15-12(19)7-8-18-9-16-13(17-18)10-3-5-11(14)6-4-10/h3-6,9H,2,7-8,14H2,1H3,(H,15,19). The van der Waals surface area contributed by atoms with Crippen LogP contribution in [0.3, 0.4) is 0 Å². The Labute approximate surface area is 111 Å². The lowest BCUT2D eigenvalue weighted by Crippen LogP contribution is -2.23. The maximum Gasteiger partial charge on any atom is 0.221 e. The van der Waals surface area contributed by atoms with Gasteiger partial charge in [-0.1, -0.05) is 0 Å². The van der Waals surface area contributed by atoms with E-state index in [1.54, 1.807) is 11.0 Å². The topological polar surface area (TPSA) is 85.8 Å². The van der Waals surface area contributed by atoms with Crippen LogP contribution in [0.4, 0.5) is 5.69 Å². The van der Waals surface area contributed by atoms with Crippen LogP contribution in [0.25, 0.3) is 11.4 Å². The summed E-state index contributed by atoms with van der Waals surface area (Å²) in [5.41, 5.74) is 7.25. The maximum absolute atomic E-state index is 11.3. The van der Waals surface area contributed by atoms with Crippen molar-refractivity contribution in [2.24, 2.45) is 0 Å². The molecule has 0 radical (unpaired) electrons. The SMILES string of the molecule is CCNC(=O)CCn1cnc(-c2ccc(N)cc2)n1. The highest BCUT2D eigenvalue weighted by Gasteiger charge is 2.05. The molecule has 1 aromatic heterocycles. The Morgan fingerprint density at radius 3 is 2.79 bits per heavy atom. The quantitative estimate of drug-likeness (QED) is 0.786. The minimum absolute atomic E-state index is 0.0204. The zero-order chi connectivity index (χ0) is 13.7. The highest BCUT2D eigenvalue weighted by molar-refractivity contribution is 5.75. The highest BCUT2D eigenvalue weighted by atomic mass is 16.1. The van der Waals surface area contributed by atoms with Gasteiger partial charge in [0.2, 0.25) is 5.91 Å². The van der Waals surface area contributed by atoms with Crippen LogP contribution >= 0.6 is 0 Å². The summed E-state index contributed by atoms with van der Waals surface area (Å²) in [6.45, 7) is 3.06. The number of nitrogens with two attached hydrogens (primary N) is 1. The third kappa shape index (κ3) is 3.54. The first-order chi connectivity index (χ1) is 9.19. The van der Waals surface area contributed by atoms with E-state index in [-0.39, 0.29) is 5.91 Å². The zero-order valence-electron chi connectivity index (χ0n) is 10.8. The van der Waals surface area contributed by atoms with Crippen molar-refractivity contribution < 1.29 is 4.79 Å². The van der Waals surface area contributed by atoms with Gasteiger partial charge in [0, 0.05) is 24.2 Å². The largest absolute Gasteiger partial charge is 0.399 e. The van der Waals surface area contributed by atoms with E-state index in [9.17, 15) is 4.79 Å². The molecule has 0 bridgehead atoms. The summed E-state index contributed by atoms with van der Waals surface area (Å²) in [6, 6.07) is 7.37. The Morgan fingerprint density at radius 2 is 2.11 bits per heavy atom. The predicted octanol–water partition coefficient (Wildman–Crippen LogP) is 1.05. The number of carbonyl (C=O) groups is 1. The Kier molecular flexibility index (Phi) is 4.12. The molecule has 6 heteroatoms. The average molecular weight is 259 g/mol. The van der Waals surface area contributed by atoms with Gasteiger partial charge in [-0.2, -0.15) is 5.10 Å². The van der Waals surface area contributed by atoms with E-state index in [1.165, 1.54) is 0 Å². The van der Waals surface area contributed by atoms with Crippen molar-refractivity contribution in [2.75, 3.05) is 12.3 Å². The van der Waals surface area contributed by atoms with Gasteiger partial charge in [0.25, 0.3) is 0 Å². The monoisotopic (exact) mass is 259 g/mol. The number of nitrogens with one attached hydrogen (secondary N) is 1. The van der Waals surface area contributed by atoms with Gasteiger partial charge in [-0.15, -0.1) is 0 Å².